The summed E-state index contributed by atoms with van der Waals surface area (Å²) in [4.78, 5) is 13.3. The van der Waals surface area contributed by atoms with Gasteiger partial charge in [-0.15, -0.1) is 47.5 Å². The number of furan rings is 1. The van der Waals surface area contributed by atoms with Gasteiger partial charge in [-0.2, -0.15) is 0 Å². The maximum atomic E-state index is 9.25. The summed E-state index contributed by atoms with van der Waals surface area (Å²) in [7, 11) is 0. The number of hydrogen-bond donors (Lipinski definition) is 0. The molecule has 9 rings (SSSR count). The molecule has 0 bridgehead atoms. The molecule has 0 spiro atoms. The molecule has 5 heteroatoms. The van der Waals surface area contributed by atoms with Crippen LogP contribution in [0.2, 0.25) is 0 Å². The van der Waals surface area contributed by atoms with Gasteiger partial charge >= 0.3 is 0 Å². The number of nitrogens with zero attached hydrogens (tertiary/aromatic N) is 3. The number of aryl methyl sites for hydroxylation is 4. The summed E-state index contributed by atoms with van der Waals surface area (Å²) >= 11 is 0. The SMILES string of the molecule is [2H]C([2H])([2H])c1c[c-]c(-c2cc(C(C)(C)C)ccn2)cc1-c1c(C(C)C)cc(C(C)C)cc1C(C)C.[2H]c1cc(C2([2H])CCC(C)(C)CC2)cc(C([2H])([2H])[2H])c1-c1cc(-c2[c-]ccc3c2oc2nc(C([2H])([2H])[2H])ccc23)ncc1C([2H])([2H])[2H].[Ir]. The molecule has 0 unspecified atom stereocenters. The Balaban J connectivity index is 0.000000246. The molecule has 361 valence electrons. The van der Waals surface area contributed by atoms with Crippen LogP contribution in [0.5, 0.6) is 0 Å². The van der Waals surface area contributed by atoms with Gasteiger partial charge in [0.05, 0.1) is 6.95 Å². The predicted octanol–water partition coefficient (Wildman–Crippen LogP) is 18.3. The van der Waals surface area contributed by atoms with Gasteiger partial charge in [-0.1, -0.05) is 142 Å². The van der Waals surface area contributed by atoms with Gasteiger partial charge in [0.25, 0.3) is 0 Å². The fraction of sp³-hybridized carbons (Fsp3) is 0.391. The van der Waals surface area contributed by atoms with Gasteiger partial charge in [-0.3, -0.25) is 0 Å². The molecule has 4 nitrogen and oxygen atoms in total. The third-order valence-corrected chi connectivity index (χ3v) is 13.5. The maximum Gasteiger partial charge on any atom is 0.216 e. The number of aromatic nitrogens is 3. The summed E-state index contributed by atoms with van der Waals surface area (Å²) in [5.74, 6) is -0.175. The van der Waals surface area contributed by atoms with Gasteiger partial charge in [-0.05, 0) is 166 Å². The normalized spacial score (nSPS) is 18.3. The average Bonchev–Trinajstić information content (AvgIpc) is 3.55. The van der Waals surface area contributed by atoms with Crippen molar-refractivity contribution in [2.75, 3.05) is 0 Å². The van der Waals surface area contributed by atoms with Gasteiger partial charge in [0.1, 0.15) is 0 Å². The van der Waals surface area contributed by atoms with Gasteiger partial charge in [-0.25, -0.2) is 4.98 Å². The first-order chi connectivity index (χ1) is 37.8. The first-order valence-electron chi connectivity index (χ1n) is 30.9. The van der Waals surface area contributed by atoms with Crippen LogP contribution in [0.15, 0.2) is 102 Å². The van der Waals surface area contributed by atoms with Crippen LogP contribution < -0.4 is 0 Å². The average molecular weight is 1110 g/mol. The molecular formula is C64H73IrN3O-2. The fourth-order valence-electron chi connectivity index (χ4n) is 9.21. The Kier molecular flexibility index (Phi) is 10.7. The van der Waals surface area contributed by atoms with Crippen molar-refractivity contribution in [1.82, 2.24) is 15.0 Å². The van der Waals surface area contributed by atoms with E-state index in [2.05, 4.69) is 121 Å². The quantitative estimate of drug-likeness (QED) is 0.142. The molecule has 4 aromatic carbocycles. The summed E-state index contributed by atoms with van der Waals surface area (Å²) in [6.45, 7) is 13.9. The van der Waals surface area contributed by atoms with E-state index in [1.54, 1.807) is 24.3 Å². The zero-order chi connectivity index (χ0) is 60.6. The standard InChI is InChI=1S/C33H33N2O.C31H40N.Ir/c1-20-17-24(23-13-15-33(4,5)16-14-23)10-12-25(20)29-18-30(34-19-21(29)2)28-8-6-7-26-27-11-9-22(3)35-32(27)36-31(26)28;1-19(2)24-16-26(20(3)4)30(27(17-24)21(5)6)28-15-23(12-11-22(28)7)29-18-25(13-14-32-29)31(8,9)10;/h6-7,9-12,17-19,23H,13-16H2,1-5H3;11,13-21H,1-10H3;/q2*-1;/i1D3,2D3,3D3,12D,23D;7D3;. The Bertz CT molecular complexity index is 3650. The topological polar surface area (TPSA) is 51.8 Å². The van der Waals surface area contributed by atoms with Crippen molar-refractivity contribution in [3.63, 3.8) is 0 Å². The van der Waals surface area contributed by atoms with E-state index in [0.717, 1.165) is 41.4 Å². The molecule has 1 fully saturated rings. The van der Waals surface area contributed by atoms with Crippen LogP contribution >= 0.6 is 0 Å². The second-order valence-corrected chi connectivity index (χ2v) is 21.2. The monoisotopic (exact) mass is 1110 g/mol. The minimum absolute atomic E-state index is 0. The maximum absolute atomic E-state index is 9.25. The Labute approximate surface area is 447 Å². The first-order valence-corrected chi connectivity index (χ1v) is 23.9. The molecule has 8 aromatic rings. The molecule has 0 N–H and O–H groups in total. The summed E-state index contributed by atoms with van der Waals surface area (Å²) in [5.41, 5.74) is 9.42. The van der Waals surface area contributed by atoms with Crippen molar-refractivity contribution in [2.45, 2.75) is 158 Å². The van der Waals surface area contributed by atoms with E-state index in [1.807, 2.05) is 18.3 Å². The third kappa shape index (κ3) is 11.1. The van der Waals surface area contributed by atoms with Gasteiger partial charge < -0.3 is 14.4 Å². The zero-order valence-corrected chi connectivity index (χ0v) is 44.2. The number of fused-ring (bicyclic) bond motifs is 3. The van der Waals surface area contributed by atoms with Crippen LogP contribution in [-0.4, -0.2) is 15.0 Å². The smallest absolute Gasteiger partial charge is 0.216 e. The fourth-order valence-corrected chi connectivity index (χ4v) is 9.21. The zero-order valence-electron chi connectivity index (χ0n) is 55.8. The molecule has 0 aliphatic heterocycles. The van der Waals surface area contributed by atoms with E-state index in [0.29, 0.717) is 46.2 Å². The van der Waals surface area contributed by atoms with E-state index in [9.17, 15) is 1.37 Å². The van der Waals surface area contributed by atoms with Crippen molar-refractivity contribution in [3.05, 3.63) is 160 Å². The van der Waals surface area contributed by atoms with Crippen molar-refractivity contribution < 1.29 is 43.7 Å². The number of pyridine rings is 3. The molecule has 4 aromatic heterocycles. The van der Waals surface area contributed by atoms with Crippen molar-refractivity contribution in [3.8, 4) is 44.8 Å². The van der Waals surface area contributed by atoms with Crippen molar-refractivity contribution in [1.29, 1.82) is 0 Å². The molecule has 4 heterocycles. The Hall–Kier alpha value is -5.22. The van der Waals surface area contributed by atoms with E-state index in [1.165, 1.54) is 46.5 Å². The van der Waals surface area contributed by atoms with Crippen LogP contribution in [0.4, 0.5) is 0 Å². The molecule has 0 saturated heterocycles. The van der Waals surface area contributed by atoms with Crippen molar-refractivity contribution in [2.24, 2.45) is 5.41 Å². The first kappa shape index (κ1) is 35.8. The summed E-state index contributed by atoms with van der Waals surface area (Å²) in [6.07, 6.45) is 5.57. The van der Waals surface area contributed by atoms with Crippen LogP contribution in [-0.2, 0) is 25.5 Å². The molecule has 1 saturated carbocycles. The second-order valence-electron chi connectivity index (χ2n) is 21.2. The largest absolute Gasteiger partial charge is 0.486 e. The van der Waals surface area contributed by atoms with Gasteiger partial charge in [0.15, 0.2) is 0 Å². The molecule has 0 amide bonds. The Morgan fingerprint density at radius 3 is 2.12 bits per heavy atom. The van der Waals surface area contributed by atoms with Crippen LogP contribution in [0, 0.1) is 45.0 Å². The molecule has 69 heavy (non-hydrogen) atoms. The number of hydrogen-bond acceptors (Lipinski definition) is 4. The minimum atomic E-state index is -2.72. The van der Waals surface area contributed by atoms with E-state index < -0.39 is 33.3 Å². The summed E-state index contributed by atoms with van der Waals surface area (Å²) in [6, 6.07) is 29.2. The molecule has 1 radical (unpaired) electrons. The number of rotatable bonds is 8. The van der Waals surface area contributed by atoms with Crippen molar-refractivity contribution >= 4 is 22.1 Å². The second kappa shape index (κ2) is 20.6. The predicted molar refractivity (Wildman–Crippen MR) is 288 cm³/mol. The molecule has 1 aliphatic carbocycles. The van der Waals surface area contributed by atoms with Crippen LogP contribution in [0.25, 0.3) is 66.8 Å². The van der Waals surface area contributed by atoms with Crippen LogP contribution in [0.3, 0.4) is 0 Å². The number of benzene rings is 4. The Morgan fingerprint density at radius 1 is 0.739 bits per heavy atom. The molecule has 1 aliphatic rings. The summed E-state index contributed by atoms with van der Waals surface area (Å²) in [5, 5.41) is 1.17. The van der Waals surface area contributed by atoms with Gasteiger partial charge in [0.2, 0.25) is 5.71 Å². The Morgan fingerprint density at radius 2 is 1.46 bits per heavy atom. The van der Waals surface area contributed by atoms with E-state index in [4.69, 9.17) is 22.2 Å². The summed E-state index contributed by atoms with van der Waals surface area (Å²) < 4.78 is 123. The van der Waals surface area contributed by atoms with Gasteiger partial charge in [0, 0.05) is 61.4 Å². The molecular weight excluding hydrogens is 1020 g/mol. The van der Waals surface area contributed by atoms with E-state index in [-0.39, 0.29) is 93.8 Å². The third-order valence-electron chi connectivity index (χ3n) is 13.5. The minimum Gasteiger partial charge on any atom is -0.486 e. The molecule has 0 atom stereocenters. The van der Waals surface area contributed by atoms with E-state index >= 15 is 0 Å². The van der Waals surface area contributed by atoms with Crippen LogP contribution in [0.1, 0.15) is 195 Å².